The number of carbonyl (C=O) groups is 1. The summed E-state index contributed by atoms with van der Waals surface area (Å²) in [5.41, 5.74) is 2.53. The Balaban J connectivity index is 1.37. The number of nitrogens with one attached hydrogen (secondary N) is 2. The molecule has 1 aromatic carbocycles. The Morgan fingerprint density at radius 1 is 1.03 bits per heavy atom. The maximum absolute atomic E-state index is 12.0. The van der Waals surface area contributed by atoms with Crippen molar-refractivity contribution in [1.29, 1.82) is 0 Å². The number of hydrogen-bond donors (Lipinski definition) is 2. The van der Waals surface area contributed by atoms with Crippen LogP contribution in [0.5, 0.6) is 5.75 Å². The van der Waals surface area contributed by atoms with Crippen LogP contribution in [0.25, 0.3) is 11.2 Å². The first-order valence-electron chi connectivity index (χ1n) is 11.6. The van der Waals surface area contributed by atoms with E-state index in [1.807, 2.05) is 33.7 Å². The van der Waals surface area contributed by atoms with Crippen molar-refractivity contribution in [3.8, 4) is 5.75 Å². The summed E-state index contributed by atoms with van der Waals surface area (Å²) in [4.78, 5) is 36.2. The third-order valence-corrected chi connectivity index (χ3v) is 5.90. The van der Waals surface area contributed by atoms with E-state index in [-0.39, 0.29) is 5.91 Å². The lowest BCUT2D eigenvalue weighted by atomic mass is 10.1. The van der Waals surface area contributed by atoms with Crippen LogP contribution < -0.4 is 15.4 Å². The molecule has 1 fully saturated rings. The van der Waals surface area contributed by atoms with E-state index in [0.717, 1.165) is 25.1 Å². The predicted molar refractivity (Wildman–Crippen MR) is 132 cm³/mol. The van der Waals surface area contributed by atoms with E-state index in [0.29, 0.717) is 54.9 Å². The fourth-order valence-electron chi connectivity index (χ4n) is 4.04. The Hall–Kier alpha value is -4.28. The number of amides is 1. The number of anilines is 3. The summed E-state index contributed by atoms with van der Waals surface area (Å²) in [6.07, 6.45) is 7.40. The van der Waals surface area contributed by atoms with Gasteiger partial charge in [-0.05, 0) is 36.6 Å². The fraction of sp³-hybridized carbons (Fsp3) is 0.333. The number of fused-ring (bicyclic) bond motifs is 1. The lowest BCUT2D eigenvalue weighted by molar-refractivity contribution is -0.127. The van der Waals surface area contributed by atoms with Gasteiger partial charge in [0.1, 0.15) is 5.75 Å². The van der Waals surface area contributed by atoms with E-state index < -0.39 is 0 Å². The maximum atomic E-state index is 12.0. The molecular formula is C24H27N9O2. The van der Waals surface area contributed by atoms with Crippen LogP contribution in [-0.4, -0.2) is 67.0 Å². The van der Waals surface area contributed by atoms with Gasteiger partial charge in [-0.25, -0.2) is 15.0 Å². The molecule has 4 aromatic rings. The van der Waals surface area contributed by atoms with Crippen molar-refractivity contribution in [3.63, 3.8) is 0 Å². The van der Waals surface area contributed by atoms with Crippen LogP contribution in [0.4, 0.5) is 17.7 Å². The zero-order chi connectivity index (χ0) is 24.0. The molecule has 0 unspecified atom stereocenters. The van der Waals surface area contributed by atoms with Gasteiger partial charge in [-0.1, -0.05) is 12.1 Å². The van der Waals surface area contributed by atoms with Gasteiger partial charge in [0.05, 0.1) is 13.4 Å². The first-order valence-corrected chi connectivity index (χ1v) is 11.6. The average molecular weight is 474 g/mol. The third-order valence-electron chi connectivity index (χ3n) is 5.90. The van der Waals surface area contributed by atoms with Crippen LogP contribution in [0.3, 0.4) is 0 Å². The second-order valence-corrected chi connectivity index (χ2v) is 8.21. The zero-order valence-electron chi connectivity index (χ0n) is 19.5. The van der Waals surface area contributed by atoms with Gasteiger partial charge in [0.15, 0.2) is 17.0 Å². The molecule has 1 saturated heterocycles. The van der Waals surface area contributed by atoms with Gasteiger partial charge >= 0.3 is 0 Å². The largest absolute Gasteiger partial charge is 0.497 e. The van der Waals surface area contributed by atoms with Crippen LogP contribution >= 0.6 is 0 Å². The highest BCUT2D eigenvalue weighted by Crippen LogP contribution is 2.23. The van der Waals surface area contributed by atoms with E-state index in [9.17, 15) is 4.79 Å². The molecule has 11 heteroatoms. The number of benzene rings is 1. The summed E-state index contributed by atoms with van der Waals surface area (Å²) >= 11 is 0. The molecule has 0 aliphatic carbocycles. The molecule has 4 heterocycles. The average Bonchev–Trinajstić information content (AvgIpc) is 3.49. The van der Waals surface area contributed by atoms with Crippen molar-refractivity contribution < 1.29 is 9.53 Å². The van der Waals surface area contributed by atoms with Gasteiger partial charge in [0.25, 0.3) is 0 Å². The topological polar surface area (TPSA) is 123 Å². The molecule has 0 spiro atoms. The molecule has 3 aromatic heterocycles. The van der Waals surface area contributed by atoms with Gasteiger partial charge in [0, 0.05) is 45.0 Å². The molecule has 1 aliphatic heterocycles. The number of methoxy groups -OCH3 is 1. The molecule has 0 saturated carbocycles. The number of aromatic nitrogens is 6. The monoisotopic (exact) mass is 473 g/mol. The second-order valence-electron chi connectivity index (χ2n) is 8.21. The molecule has 11 nitrogen and oxygen atoms in total. The molecule has 35 heavy (non-hydrogen) atoms. The summed E-state index contributed by atoms with van der Waals surface area (Å²) < 4.78 is 7.18. The Bertz CT molecular complexity index is 1290. The first kappa shape index (κ1) is 22.5. The van der Waals surface area contributed by atoms with Crippen LogP contribution in [0.1, 0.15) is 18.4 Å². The zero-order valence-corrected chi connectivity index (χ0v) is 19.5. The lowest BCUT2D eigenvalue weighted by Gasteiger charge is -2.16. The summed E-state index contributed by atoms with van der Waals surface area (Å²) in [5.74, 6) is 2.44. The van der Waals surface area contributed by atoms with Gasteiger partial charge in [-0.3, -0.25) is 10.1 Å². The first-order chi connectivity index (χ1) is 17.2. The summed E-state index contributed by atoms with van der Waals surface area (Å²) in [5, 5.41) is 6.48. The molecular weight excluding hydrogens is 446 g/mol. The van der Waals surface area contributed by atoms with E-state index >= 15 is 0 Å². The molecule has 0 atom stereocenters. The molecule has 5 rings (SSSR count). The van der Waals surface area contributed by atoms with Gasteiger partial charge in [-0.15, -0.1) is 0 Å². The molecule has 1 aliphatic rings. The lowest BCUT2D eigenvalue weighted by Crippen LogP contribution is -2.28. The number of carbonyl (C=O) groups excluding carboxylic acids is 1. The van der Waals surface area contributed by atoms with E-state index in [1.165, 1.54) is 5.56 Å². The van der Waals surface area contributed by atoms with E-state index in [4.69, 9.17) is 4.74 Å². The van der Waals surface area contributed by atoms with Gasteiger partial charge < -0.3 is 19.5 Å². The predicted octanol–water partition coefficient (Wildman–Crippen LogP) is 2.65. The minimum Gasteiger partial charge on any atom is -0.497 e. The molecule has 2 N–H and O–H groups in total. The van der Waals surface area contributed by atoms with Crippen molar-refractivity contribution in [1.82, 2.24) is 34.4 Å². The Morgan fingerprint density at radius 2 is 1.86 bits per heavy atom. The number of hydrogen-bond acceptors (Lipinski definition) is 9. The summed E-state index contributed by atoms with van der Waals surface area (Å²) in [7, 11) is 1.66. The maximum Gasteiger partial charge on any atom is 0.233 e. The minimum atomic E-state index is 0.202. The fourth-order valence-corrected chi connectivity index (χ4v) is 4.04. The second kappa shape index (κ2) is 10.3. The molecule has 1 amide bonds. The normalized spacial score (nSPS) is 13.4. The molecule has 0 bridgehead atoms. The van der Waals surface area contributed by atoms with Crippen molar-refractivity contribution in [2.75, 3.05) is 37.4 Å². The van der Waals surface area contributed by atoms with Gasteiger partial charge in [-0.2, -0.15) is 9.97 Å². The molecule has 0 radical (unpaired) electrons. The van der Waals surface area contributed by atoms with Gasteiger partial charge in [0.2, 0.25) is 17.8 Å². The highest BCUT2D eigenvalue weighted by molar-refractivity contribution is 5.84. The molecule has 180 valence electrons. The third kappa shape index (κ3) is 5.29. The number of ether oxygens (including phenoxy) is 1. The van der Waals surface area contributed by atoms with Crippen molar-refractivity contribution >= 4 is 34.8 Å². The smallest absolute Gasteiger partial charge is 0.233 e. The van der Waals surface area contributed by atoms with Crippen LogP contribution in [0, 0.1) is 0 Å². The highest BCUT2D eigenvalue weighted by Gasteiger charge is 2.20. The quantitative estimate of drug-likeness (QED) is 0.358. The number of likely N-dealkylation sites (tertiary alicyclic amines) is 1. The van der Waals surface area contributed by atoms with Crippen LogP contribution in [-0.2, 0) is 17.8 Å². The van der Waals surface area contributed by atoms with Crippen LogP contribution in [0.2, 0.25) is 0 Å². The standard InChI is InChI=1S/C24H27N9O2/c1-35-18-7-5-17(6-8-18)9-12-25-21-20-22(30-24(29-21)31-23-26-10-3-11-27-23)33(16-28-20)15-14-32-13-2-4-19(32)34/h3,5-8,10-11,16H,2,4,9,12-15H2,1H3,(H2,25,26,27,29,30,31). The van der Waals surface area contributed by atoms with E-state index in [2.05, 4.69) is 35.6 Å². The number of imidazole rings is 1. The summed E-state index contributed by atoms with van der Waals surface area (Å²) in [6.45, 7) is 2.69. The van der Waals surface area contributed by atoms with Crippen molar-refractivity contribution in [2.24, 2.45) is 0 Å². The number of rotatable bonds is 10. The van der Waals surface area contributed by atoms with Crippen molar-refractivity contribution in [3.05, 3.63) is 54.6 Å². The highest BCUT2D eigenvalue weighted by atomic mass is 16.5. The Labute approximate surface area is 202 Å². The minimum absolute atomic E-state index is 0.202. The Kier molecular flexibility index (Phi) is 6.64. The summed E-state index contributed by atoms with van der Waals surface area (Å²) in [6, 6.07) is 9.74. The number of nitrogens with zero attached hydrogens (tertiary/aromatic N) is 7. The van der Waals surface area contributed by atoms with E-state index in [1.54, 1.807) is 31.9 Å². The van der Waals surface area contributed by atoms with Crippen LogP contribution in [0.15, 0.2) is 49.1 Å². The Morgan fingerprint density at radius 3 is 2.60 bits per heavy atom. The SMILES string of the molecule is COc1ccc(CCNc2nc(Nc3ncccn3)nc3c2ncn3CCN2CCCC2=O)cc1. The van der Waals surface area contributed by atoms with Crippen molar-refractivity contribution in [2.45, 2.75) is 25.8 Å².